The third-order valence-corrected chi connectivity index (χ3v) is 5.15. The molecule has 2 aromatic heterocycles. The molecular formula is C19H24N4O2. The summed E-state index contributed by atoms with van der Waals surface area (Å²) < 4.78 is 5.55. The van der Waals surface area contributed by atoms with Gasteiger partial charge in [-0.05, 0) is 57.8 Å². The molecule has 2 aromatic rings. The van der Waals surface area contributed by atoms with Crippen molar-refractivity contribution in [1.29, 1.82) is 0 Å². The number of aryl methyl sites for hydroxylation is 2. The second-order valence-electron chi connectivity index (χ2n) is 7.09. The molecule has 0 saturated carbocycles. The molecule has 0 spiro atoms. The maximum absolute atomic E-state index is 12.5. The second-order valence-corrected chi connectivity index (χ2v) is 7.09. The summed E-state index contributed by atoms with van der Waals surface area (Å²) in [5, 5.41) is 7.43. The maximum Gasteiger partial charge on any atom is 0.270 e. The average Bonchev–Trinajstić information content (AvgIpc) is 3.26. The Bertz CT molecular complexity index is 765. The van der Waals surface area contributed by atoms with Crippen LogP contribution in [0.2, 0.25) is 0 Å². The predicted octanol–water partition coefficient (Wildman–Crippen LogP) is 2.26. The lowest BCUT2D eigenvalue weighted by Gasteiger charge is -2.23. The first-order valence-corrected chi connectivity index (χ1v) is 9.12. The van der Waals surface area contributed by atoms with Crippen molar-refractivity contribution in [3.8, 4) is 0 Å². The van der Waals surface area contributed by atoms with E-state index in [4.69, 9.17) is 4.52 Å². The van der Waals surface area contributed by atoms with E-state index in [0.29, 0.717) is 5.69 Å². The topological polar surface area (TPSA) is 71.3 Å². The standard InChI is InChI=1S/C19H24N4O2/c1-13-5-4-6-16(20-13)19(24)21-14-7-8-18-15(11-14)17(22-25-18)12-23-9-2-3-10-23/h4-6,14H,2-3,7-12H2,1H3,(H,21,24). The fraction of sp³-hybridized carbons (Fsp3) is 0.526. The average molecular weight is 340 g/mol. The van der Waals surface area contributed by atoms with E-state index in [9.17, 15) is 4.79 Å². The molecule has 6 heteroatoms. The van der Waals surface area contributed by atoms with Gasteiger partial charge in [0.2, 0.25) is 0 Å². The molecule has 0 bridgehead atoms. The molecule has 1 saturated heterocycles. The summed E-state index contributed by atoms with van der Waals surface area (Å²) in [4.78, 5) is 19.2. The normalized spacial score (nSPS) is 20.4. The number of pyridine rings is 1. The molecule has 4 rings (SSSR count). The molecule has 1 aliphatic carbocycles. The highest BCUT2D eigenvalue weighted by atomic mass is 16.5. The van der Waals surface area contributed by atoms with E-state index in [-0.39, 0.29) is 11.9 Å². The van der Waals surface area contributed by atoms with Crippen molar-refractivity contribution in [2.45, 2.75) is 51.6 Å². The summed E-state index contributed by atoms with van der Waals surface area (Å²) in [7, 11) is 0. The van der Waals surface area contributed by atoms with E-state index in [1.807, 2.05) is 19.1 Å². The van der Waals surface area contributed by atoms with E-state index in [1.54, 1.807) is 6.07 Å². The molecule has 0 radical (unpaired) electrons. The predicted molar refractivity (Wildman–Crippen MR) is 93.3 cm³/mol. The van der Waals surface area contributed by atoms with Crippen LogP contribution < -0.4 is 5.32 Å². The van der Waals surface area contributed by atoms with Crippen molar-refractivity contribution in [1.82, 2.24) is 20.4 Å². The van der Waals surface area contributed by atoms with Crippen LogP contribution in [0.4, 0.5) is 0 Å². The van der Waals surface area contributed by atoms with Crippen LogP contribution in [0.1, 0.15) is 52.5 Å². The van der Waals surface area contributed by atoms with E-state index >= 15 is 0 Å². The number of rotatable bonds is 4. The van der Waals surface area contributed by atoms with Gasteiger partial charge in [-0.15, -0.1) is 0 Å². The molecule has 1 fully saturated rings. The largest absolute Gasteiger partial charge is 0.361 e. The van der Waals surface area contributed by atoms with Gasteiger partial charge in [-0.25, -0.2) is 4.98 Å². The molecule has 6 nitrogen and oxygen atoms in total. The van der Waals surface area contributed by atoms with E-state index in [0.717, 1.165) is 56.0 Å². The Morgan fingerprint density at radius 1 is 1.36 bits per heavy atom. The van der Waals surface area contributed by atoms with E-state index in [2.05, 4.69) is 20.4 Å². The first-order valence-electron chi connectivity index (χ1n) is 9.12. The number of carbonyl (C=O) groups excluding carboxylic acids is 1. The fourth-order valence-corrected chi connectivity index (χ4v) is 3.79. The number of hydrogen-bond acceptors (Lipinski definition) is 5. The zero-order valence-corrected chi connectivity index (χ0v) is 14.6. The van der Waals surface area contributed by atoms with Gasteiger partial charge in [0.15, 0.2) is 0 Å². The highest BCUT2D eigenvalue weighted by Crippen LogP contribution is 2.26. The highest BCUT2D eigenvalue weighted by molar-refractivity contribution is 5.92. The lowest BCUT2D eigenvalue weighted by atomic mass is 9.92. The summed E-state index contributed by atoms with van der Waals surface area (Å²) in [6.45, 7) is 5.03. The Morgan fingerprint density at radius 2 is 2.20 bits per heavy atom. The van der Waals surface area contributed by atoms with Crippen molar-refractivity contribution in [3.63, 3.8) is 0 Å². The Kier molecular flexibility index (Phi) is 4.53. The molecule has 0 aromatic carbocycles. The lowest BCUT2D eigenvalue weighted by molar-refractivity contribution is 0.0927. The monoisotopic (exact) mass is 340 g/mol. The Balaban J connectivity index is 1.43. The number of amides is 1. The van der Waals surface area contributed by atoms with Gasteiger partial charge in [-0.2, -0.15) is 0 Å². The summed E-state index contributed by atoms with van der Waals surface area (Å²) in [5.41, 5.74) is 3.57. The fourth-order valence-electron chi connectivity index (χ4n) is 3.79. The lowest BCUT2D eigenvalue weighted by Crippen LogP contribution is -2.39. The van der Waals surface area contributed by atoms with Gasteiger partial charge in [-0.1, -0.05) is 11.2 Å². The number of likely N-dealkylation sites (tertiary alicyclic amines) is 1. The molecule has 1 amide bonds. The SMILES string of the molecule is Cc1cccc(C(=O)NC2CCc3onc(CN4CCCC4)c3C2)n1. The maximum atomic E-state index is 12.5. The first kappa shape index (κ1) is 16.3. The van der Waals surface area contributed by atoms with Gasteiger partial charge < -0.3 is 9.84 Å². The van der Waals surface area contributed by atoms with Crippen molar-refractivity contribution in [2.75, 3.05) is 13.1 Å². The van der Waals surface area contributed by atoms with Crippen LogP contribution in [0, 0.1) is 6.92 Å². The van der Waals surface area contributed by atoms with Crippen molar-refractivity contribution in [2.24, 2.45) is 0 Å². The number of carbonyl (C=O) groups is 1. The highest BCUT2D eigenvalue weighted by Gasteiger charge is 2.28. The van der Waals surface area contributed by atoms with Gasteiger partial charge >= 0.3 is 0 Å². The minimum absolute atomic E-state index is 0.102. The third-order valence-electron chi connectivity index (χ3n) is 5.15. The summed E-state index contributed by atoms with van der Waals surface area (Å²) >= 11 is 0. The molecular weight excluding hydrogens is 316 g/mol. The Morgan fingerprint density at radius 3 is 3.00 bits per heavy atom. The molecule has 25 heavy (non-hydrogen) atoms. The third kappa shape index (κ3) is 3.58. The van der Waals surface area contributed by atoms with E-state index in [1.165, 1.54) is 18.4 Å². The van der Waals surface area contributed by atoms with Crippen molar-refractivity contribution < 1.29 is 9.32 Å². The van der Waals surface area contributed by atoms with Crippen LogP contribution in [0.15, 0.2) is 22.7 Å². The molecule has 1 atom stereocenters. The van der Waals surface area contributed by atoms with Crippen molar-refractivity contribution in [3.05, 3.63) is 46.6 Å². The molecule has 1 unspecified atom stereocenters. The number of nitrogens with one attached hydrogen (secondary N) is 1. The quantitative estimate of drug-likeness (QED) is 0.924. The smallest absolute Gasteiger partial charge is 0.270 e. The van der Waals surface area contributed by atoms with Crippen LogP contribution in [0.3, 0.4) is 0 Å². The van der Waals surface area contributed by atoms with Crippen LogP contribution in [0.5, 0.6) is 0 Å². The summed E-state index contributed by atoms with van der Waals surface area (Å²) in [6, 6.07) is 5.63. The first-order chi connectivity index (χ1) is 12.2. The summed E-state index contributed by atoms with van der Waals surface area (Å²) in [5.74, 6) is 0.892. The summed E-state index contributed by atoms with van der Waals surface area (Å²) in [6.07, 6.45) is 5.03. The molecule has 3 heterocycles. The molecule has 2 aliphatic rings. The number of aromatic nitrogens is 2. The van der Waals surface area contributed by atoms with E-state index < -0.39 is 0 Å². The minimum atomic E-state index is -0.102. The van der Waals surface area contributed by atoms with Crippen LogP contribution in [-0.4, -0.2) is 40.1 Å². The Hall–Kier alpha value is -2.21. The van der Waals surface area contributed by atoms with Crippen LogP contribution >= 0.6 is 0 Å². The number of hydrogen-bond donors (Lipinski definition) is 1. The molecule has 132 valence electrons. The zero-order chi connectivity index (χ0) is 17.2. The minimum Gasteiger partial charge on any atom is -0.361 e. The number of fused-ring (bicyclic) bond motifs is 1. The van der Waals surface area contributed by atoms with Crippen LogP contribution in [0.25, 0.3) is 0 Å². The van der Waals surface area contributed by atoms with Gasteiger partial charge in [-0.3, -0.25) is 9.69 Å². The zero-order valence-electron chi connectivity index (χ0n) is 14.6. The van der Waals surface area contributed by atoms with Gasteiger partial charge in [0.05, 0.1) is 0 Å². The molecule has 1 N–H and O–H groups in total. The number of nitrogens with zero attached hydrogens (tertiary/aromatic N) is 3. The van der Waals surface area contributed by atoms with Gasteiger partial charge in [0.1, 0.15) is 17.1 Å². The Labute approximate surface area is 147 Å². The van der Waals surface area contributed by atoms with Crippen molar-refractivity contribution >= 4 is 5.91 Å². The second kappa shape index (κ2) is 6.96. The van der Waals surface area contributed by atoms with Gasteiger partial charge in [0, 0.05) is 30.3 Å². The van der Waals surface area contributed by atoms with Gasteiger partial charge in [0.25, 0.3) is 5.91 Å². The van der Waals surface area contributed by atoms with Crippen LogP contribution in [-0.2, 0) is 19.4 Å². The molecule has 1 aliphatic heterocycles.